The highest BCUT2D eigenvalue weighted by atomic mass is 19.1. The molecule has 2 aromatic heterocycles. The fourth-order valence-electron chi connectivity index (χ4n) is 3.01. The molecule has 4 nitrogen and oxygen atoms in total. The Kier molecular flexibility index (Phi) is 4.97. The summed E-state index contributed by atoms with van der Waals surface area (Å²) in [4.78, 5) is 8.56. The van der Waals surface area contributed by atoms with Crippen LogP contribution in [0.5, 0.6) is 0 Å². The number of pyridine rings is 1. The number of imidazole rings is 1. The van der Waals surface area contributed by atoms with Gasteiger partial charge in [0.15, 0.2) is 5.82 Å². The number of aryl methyl sites for hydroxylation is 2. The zero-order chi connectivity index (χ0) is 18.0. The molecule has 0 aliphatic carbocycles. The van der Waals surface area contributed by atoms with E-state index in [4.69, 9.17) is 0 Å². The van der Waals surface area contributed by atoms with Crippen LogP contribution in [0.25, 0.3) is 10.9 Å². The van der Waals surface area contributed by atoms with Crippen molar-refractivity contribution in [2.45, 2.75) is 39.7 Å². The van der Waals surface area contributed by atoms with Crippen molar-refractivity contribution >= 4 is 16.6 Å². The lowest BCUT2D eigenvalue weighted by atomic mass is 10.1. The van der Waals surface area contributed by atoms with Gasteiger partial charge in [0.1, 0.15) is 17.2 Å². The van der Waals surface area contributed by atoms with Gasteiger partial charge in [0.05, 0.1) is 0 Å². The maximum Gasteiger partial charge on any atom is 0.152 e. The number of anilines is 1. The lowest BCUT2D eigenvalue weighted by Gasteiger charge is -2.13. The molecule has 3 rings (SSSR count). The number of nitrogens with zero attached hydrogens (tertiary/aromatic N) is 3. The standard InChI is InChI=1S/C19H22F2N4/c1-12(2)19-23-6-8-25(19)7-4-5-22-17-9-13(3)24-18-15(17)10-14(20)11-16(18)21/h6,8-12H,4-5,7H2,1-3H3,(H,22,24). The molecule has 0 fully saturated rings. The summed E-state index contributed by atoms with van der Waals surface area (Å²) in [7, 11) is 0. The molecule has 0 radical (unpaired) electrons. The van der Waals surface area contributed by atoms with Crippen molar-refractivity contribution in [3.8, 4) is 0 Å². The Morgan fingerprint density at radius 3 is 2.76 bits per heavy atom. The maximum atomic E-state index is 14.0. The van der Waals surface area contributed by atoms with Gasteiger partial charge < -0.3 is 9.88 Å². The van der Waals surface area contributed by atoms with Crippen LogP contribution in [0.1, 0.15) is 37.7 Å². The van der Waals surface area contributed by atoms with Crippen LogP contribution in [0.4, 0.5) is 14.5 Å². The summed E-state index contributed by atoms with van der Waals surface area (Å²) in [5, 5.41) is 3.75. The Bertz CT molecular complexity index is 887. The molecule has 3 aromatic rings. The molecule has 1 aromatic carbocycles. The number of halogens is 2. The van der Waals surface area contributed by atoms with Crippen LogP contribution in [0.3, 0.4) is 0 Å². The number of hydrogen-bond acceptors (Lipinski definition) is 3. The predicted molar refractivity (Wildman–Crippen MR) is 95.8 cm³/mol. The lowest BCUT2D eigenvalue weighted by Crippen LogP contribution is -2.10. The first-order valence-electron chi connectivity index (χ1n) is 8.47. The fraction of sp³-hybridized carbons (Fsp3) is 0.368. The summed E-state index contributed by atoms with van der Waals surface area (Å²) in [5.41, 5.74) is 1.59. The zero-order valence-corrected chi connectivity index (χ0v) is 14.7. The van der Waals surface area contributed by atoms with Crippen molar-refractivity contribution in [2.24, 2.45) is 0 Å². The van der Waals surface area contributed by atoms with Gasteiger partial charge in [0, 0.05) is 54.2 Å². The molecule has 0 aliphatic rings. The van der Waals surface area contributed by atoms with Crippen LogP contribution in [0.15, 0.2) is 30.6 Å². The molecule has 2 heterocycles. The Balaban J connectivity index is 1.72. The summed E-state index contributed by atoms with van der Waals surface area (Å²) in [6.45, 7) is 7.56. The molecule has 0 bridgehead atoms. The highest BCUT2D eigenvalue weighted by molar-refractivity contribution is 5.91. The smallest absolute Gasteiger partial charge is 0.152 e. The molecule has 0 saturated carbocycles. The van der Waals surface area contributed by atoms with Crippen molar-refractivity contribution in [3.05, 3.63) is 53.7 Å². The van der Waals surface area contributed by atoms with E-state index >= 15 is 0 Å². The average Bonchev–Trinajstić information content (AvgIpc) is 3.01. The van der Waals surface area contributed by atoms with Gasteiger partial charge in [-0.3, -0.25) is 0 Å². The first kappa shape index (κ1) is 17.3. The first-order chi connectivity index (χ1) is 12.0. The van der Waals surface area contributed by atoms with E-state index in [1.54, 1.807) is 6.92 Å². The van der Waals surface area contributed by atoms with Gasteiger partial charge in [0.25, 0.3) is 0 Å². The maximum absolute atomic E-state index is 14.0. The molecule has 25 heavy (non-hydrogen) atoms. The lowest BCUT2D eigenvalue weighted by molar-refractivity contribution is 0.590. The van der Waals surface area contributed by atoms with E-state index in [0.29, 0.717) is 29.2 Å². The van der Waals surface area contributed by atoms with Gasteiger partial charge in [-0.2, -0.15) is 0 Å². The third-order valence-corrected chi connectivity index (χ3v) is 4.12. The minimum atomic E-state index is -0.637. The van der Waals surface area contributed by atoms with Crippen LogP contribution in [0.2, 0.25) is 0 Å². The Morgan fingerprint density at radius 1 is 1.20 bits per heavy atom. The molecule has 0 aliphatic heterocycles. The normalized spacial score (nSPS) is 11.4. The number of rotatable bonds is 6. The van der Waals surface area contributed by atoms with Crippen molar-refractivity contribution in [2.75, 3.05) is 11.9 Å². The average molecular weight is 344 g/mol. The molecular weight excluding hydrogens is 322 g/mol. The van der Waals surface area contributed by atoms with E-state index in [1.807, 2.05) is 18.5 Å². The minimum Gasteiger partial charge on any atom is -0.384 e. The monoisotopic (exact) mass is 344 g/mol. The summed E-state index contributed by atoms with van der Waals surface area (Å²) in [5.74, 6) is 0.204. The molecular formula is C19H22F2N4. The van der Waals surface area contributed by atoms with Crippen molar-refractivity contribution < 1.29 is 8.78 Å². The Hall–Kier alpha value is -2.50. The van der Waals surface area contributed by atoms with Crippen LogP contribution in [-0.4, -0.2) is 21.1 Å². The zero-order valence-electron chi connectivity index (χ0n) is 14.7. The number of benzene rings is 1. The highest BCUT2D eigenvalue weighted by Crippen LogP contribution is 2.26. The van der Waals surface area contributed by atoms with E-state index in [2.05, 4.69) is 33.7 Å². The van der Waals surface area contributed by atoms with Gasteiger partial charge in [-0.05, 0) is 25.5 Å². The summed E-state index contributed by atoms with van der Waals surface area (Å²) in [6, 6.07) is 4.00. The quantitative estimate of drug-likeness (QED) is 0.662. The van der Waals surface area contributed by atoms with Crippen molar-refractivity contribution in [1.82, 2.24) is 14.5 Å². The summed E-state index contributed by atoms with van der Waals surface area (Å²) >= 11 is 0. The topological polar surface area (TPSA) is 42.7 Å². The second-order valence-corrected chi connectivity index (χ2v) is 6.51. The van der Waals surface area contributed by atoms with Crippen molar-refractivity contribution in [1.29, 1.82) is 0 Å². The van der Waals surface area contributed by atoms with Crippen molar-refractivity contribution in [3.63, 3.8) is 0 Å². The number of hydrogen-bond donors (Lipinski definition) is 1. The molecule has 0 saturated heterocycles. The van der Waals surface area contributed by atoms with Gasteiger partial charge >= 0.3 is 0 Å². The highest BCUT2D eigenvalue weighted by Gasteiger charge is 2.11. The van der Waals surface area contributed by atoms with E-state index < -0.39 is 11.6 Å². The van der Waals surface area contributed by atoms with Crippen LogP contribution >= 0.6 is 0 Å². The molecule has 0 atom stereocenters. The Morgan fingerprint density at radius 2 is 2.00 bits per heavy atom. The summed E-state index contributed by atoms with van der Waals surface area (Å²) < 4.78 is 29.7. The third-order valence-electron chi connectivity index (χ3n) is 4.12. The van der Waals surface area contributed by atoms with Crippen LogP contribution < -0.4 is 5.32 Å². The molecule has 0 unspecified atom stereocenters. The van der Waals surface area contributed by atoms with Gasteiger partial charge in [-0.15, -0.1) is 0 Å². The number of aromatic nitrogens is 3. The fourth-order valence-corrected chi connectivity index (χ4v) is 3.01. The predicted octanol–water partition coefficient (Wildman–Crippen LogP) is 4.64. The molecule has 1 N–H and O–H groups in total. The second-order valence-electron chi connectivity index (χ2n) is 6.51. The van der Waals surface area contributed by atoms with E-state index in [0.717, 1.165) is 24.9 Å². The Labute approximate surface area is 145 Å². The molecule has 0 spiro atoms. The number of fused-ring (bicyclic) bond motifs is 1. The molecule has 132 valence electrons. The van der Waals surface area contributed by atoms with E-state index in [-0.39, 0.29) is 5.52 Å². The van der Waals surface area contributed by atoms with Gasteiger partial charge in [-0.25, -0.2) is 18.7 Å². The molecule has 6 heteroatoms. The van der Waals surface area contributed by atoms with E-state index in [9.17, 15) is 8.78 Å². The summed E-state index contributed by atoms with van der Waals surface area (Å²) in [6.07, 6.45) is 4.66. The third kappa shape index (κ3) is 3.78. The van der Waals surface area contributed by atoms with E-state index in [1.165, 1.54) is 6.07 Å². The number of nitrogens with one attached hydrogen (secondary N) is 1. The SMILES string of the molecule is Cc1cc(NCCCn2ccnc2C(C)C)c2cc(F)cc(F)c2n1. The van der Waals surface area contributed by atoms with Gasteiger partial charge in [-0.1, -0.05) is 13.8 Å². The van der Waals surface area contributed by atoms with Crippen LogP contribution in [-0.2, 0) is 6.54 Å². The molecule has 0 amide bonds. The minimum absolute atomic E-state index is 0.195. The van der Waals surface area contributed by atoms with Gasteiger partial charge in [0.2, 0.25) is 0 Å². The first-order valence-corrected chi connectivity index (χ1v) is 8.47. The second kappa shape index (κ2) is 7.17. The van der Waals surface area contributed by atoms with Crippen LogP contribution in [0, 0.1) is 18.6 Å². The largest absolute Gasteiger partial charge is 0.384 e.